The van der Waals surface area contributed by atoms with Gasteiger partial charge in [0, 0.05) is 11.6 Å². The number of carbonyl (C=O) groups is 1. The van der Waals surface area contributed by atoms with Gasteiger partial charge in [-0.2, -0.15) is 10.4 Å². The van der Waals surface area contributed by atoms with Gasteiger partial charge in [0.2, 0.25) is 0 Å². The van der Waals surface area contributed by atoms with Crippen LogP contribution in [0.3, 0.4) is 0 Å². The van der Waals surface area contributed by atoms with Crippen molar-refractivity contribution in [3.63, 3.8) is 0 Å². The van der Waals surface area contributed by atoms with Crippen LogP contribution in [0.5, 0.6) is 5.75 Å². The predicted octanol–water partition coefficient (Wildman–Crippen LogP) is 4.46. The summed E-state index contributed by atoms with van der Waals surface area (Å²) >= 11 is 0. The molecule has 0 amide bonds. The van der Waals surface area contributed by atoms with Gasteiger partial charge in [0.05, 0.1) is 17.3 Å². The molecule has 0 heterocycles. The van der Waals surface area contributed by atoms with Gasteiger partial charge >= 0.3 is 5.97 Å². The Hall–Kier alpha value is -3.26. The van der Waals surface area contributed by atoms with Crippen LogP contribution < -0.4 is 4.74 Å². The van der Waals surface area contributed by atoms with Crippen LogP contribution >= 0.6 is 0 Å². The van der Waals surface area contributed by atoms with Crippen molar-refractivity contribution < 1.29 is 9.53 Å². The number of azo groups is 1. The number of benzene rings is 2. The second-order valence-electron chi connectivity index (χ2n) is 4.50. The number of hydrogen-bond acceptors (Lipinski definition) is 5. The Balaban J connectivity index is 2.34. The third kappa shape index (κ3) is 3.87. The average Bonchev–Trinajstić information content (AvgIpc) is 2.54. The maximum atomic E-state index is 11.7. The lowest BCUT2D eigenvalue weighted by atomic mass is 10.2. The molecule has 2 rings (SSSR count). The highest BCUT2D eigenvalue weighted by molar-refractivity contribution is 5.89. The van der Waals surface area contributed by atoms with Crippen molar-refractivity contribution >= 4 is 17.3 Å². The second-order valence-corrected chi connectivity index (χ2v) is 4.50. The Bertz CT molecular complexity index is 774. The lowest BCUT2D eigenvalue weighted by molar-refractivity contribution is -0.130. The minimum atomic E-state index is -0.578. The molecule has 5 heteroatoms. The van der Waals surface area contributed by atoms with Gasteiger partial charge < -0.3 is 4.74 Å². The third-order valence-electron chi connectivity index (χ3n) is 2.67. The van der Waals surface area contributed by atoms with Gasteiger partial charge in [-0.15, -0.1) is 5.11 Å². The van der Waals surface area contributed by atoms with Crippen LogP contribution in [0.1, 0.15) is 12.5 Å². The topological polar surface area (TPSA) is 74.8 Å². The molecule has 0 atom stereocenters. The summed E-state index contributed by atoms with van der Waals surface area (Å²) in [5.74, 6) is -0.405. The molecule has 0 aliphatic rings. The van der Waals surface area contributed by atoms with Crippen LogP contribution in [0.2, 0.25) is 0 Å². The molecule has 108 valence electrons. The molecular formula is C17H13N3O2. The molecule has 5 nitrogen and oxygen atoms in total. The van der Waals surface area contributed by atoms with Crippen molar-refractivity contribution in [2.45, 2.75) is 6.92 Å². The molecule has 2 aromatic rings. The molecule has 0 radical (unpaired) electrons. The molecule has 0 aromatic heterocycles. The fourth-order valence-electron chi connectivity index (χ4n) is 1.54. The van der Waals surface area contributed by atoms with E-state index in [0.29, 0.717) is 16.9 Å². The van der Waals surface area contributed by atoms with Crippen LogP contribution in [0.15, 0.2) is 70.9 Å². The molecule has 0 saturated heterocycles. The SMILES string of the molecule is C=C(C)C(=O)Oc1cc(C#N)ccc1N=Nc1ccccc1. The smallest absolute Gasteiger partial charge is 0.338 e. The van der Waals surface area contributed by atoms with E-state index in [-0.39, 0.29) is 11.3 Å². The Labute approximate surface area is 128 Å². The first-order valence-electron chi connectivity index (χ1n) is 6.49. The minimum absolute atomic E-state index is 0.173. The summed E-state index contributed by atoms with van der Waals surface area (Å²) in [5.41, 5.74) is 1.65. The van der Waals surface area contributed by atoms with Crippen molar-refractivity contribution in [3.8, 4) is 11.8 Å². The van der Waals surface area contributed by atoms with Gasteiger partial charge in [0.1, 0.15) is 5.69 Å². The zero-order chi connectivity index (χ0) is 15.9. The van der Waals surface area contributed by atoms with Crippen molar-refractivity contribution in [3.05, 3.63) is 66.2 Å². The number of esters is 1. The average molecular weight is 291 g/mol. The van der Waals surface area contributed by atoms with E-state index in [4.69, 9.17) is 10.00 Å². The zero-order valence-electron chi connectivity index (χ0n) is 12.0. The lowest BCUT2D eigenvalue weighted by Gasteiger charge is -2.06. The van der Waals surface area contributed by atoms with Crippen molar-refractivity contribution in [2.75, 3.05) is 0 Å². The summed E-state index contributed by atoms with van der Waals surface area (Å²) in [7, 11) is 0. The minimum Gasteiger partial charge on any atom is -0.421 e. The van der Waals surface area contributed by atoms with Crippen LogP contribution in [0.25, 0.3) is 0 Å². The van der Waals surface area contributed by atoms with E-state index in [0.717, 1.165) is 0 Å². The van der Waals surface area contributed by atoms with Crippen LogP contribution in [0.4, 0.5) is 11.4 Å². The highest BCUT2D eigenvalue weighted by Gasteiger charge is 2.11. The summed E-state index contributed by atoms with van der Waals surface area (Å²) in [6.45, 7) is 5.07. The summed E-state index contributed by atoms with van der Waals surface area (Å²) in [6.07, 6.45) is 0. The summed E-state index contributed by atoms with van der Waals surface area (Å²) in [4.78, 5) is 11.7. The Morgan fingerprint density at radius 3 is 2.55 bits per heavy atom. The van der Waals surface area contributed by atoms with Gasteiger partial charge in [0.15, 0.2) is 5.75 Å². The van der Waals surface area contributed by atoms with Crippen LogP contribution in [-0.4, -0.2) is 5.97 Å². The van der Waals surface area contributed by atoms with E-state index in [1.54, 1.807) is 31.2 Å². The fraction of sp³-hybridized carbons (Fsp3) is 0.0588. The Kier molecular flexibility index (Phi) is 4.78. The molecular weight excluding hydrogens is 278 g/mol. The highest BCUT2D eigenvalue weighted by atomic mass is 16.5. The second kappa shape index (κ2) is 6.95. The van der Waals surface area contributed by atoms with E-state index < -0.39 is 5.97 Å². The van der Waals surface area contributed by atoms with Crippen molar-refractivity contribution in [2.24, 2.45) is 10.2 Å². The molecule has 0 aliphatic carbocycles. The maximum absolute atomic E-state index is 11.7. The van der Waals surface area contributed by atoms with Crippen molar-refractivity contribution in [1.29, 1.82) is 5.26 Å². The number of nitriles is 1. The maximum Gasteiger partial charge on any atom is 0.338 e. The first-order chi connectivity index (χ1) is 10.6. The van der Waals surface area contributed by atoms with Gasteiger partial charge in [-0.3, -0.25) is 0 Å². The molecule has 0 bridgehead atoms. The van der Waals surface area contributed by atoms with E-state index >= 15 is 0 Å². The van der Waals surface area contributed by atoms with Crippen LogP contribution in [-0.2, 0) is 4.79 Å². The predicted molar refractivity (Wildman–Crippen MR) is 82.2 cm³/mol. The number of ether oxygens (including phenoxy) is 1. The number of nitrogens with zero attached hydrogens (tertiary/aromatic N) is 3. The summed E-state index contributed by atoms with van der Waals surface area (Å²) in [6, 6.07) is 15.7. The third-order valence-corrected chi connectivity index (χ3v) is 2.67. The quantitative estimate of drug-likeness (QED) is 0.361. The Morgan fingerprint density at radius 1 is 1.18 bits per heavy atom. The molecule has 0 spiro atoms. The van der Waals surface area contributed by atoms with E-state index in [1.807, 2.05) is 24.3 Å². The van der Waals surface area contributed by atoms with Gasteiger partial charge in [0.25, 0.3) is 0 Å². The normalized spacial score (nSPS) is 10.2. The lowest BCUT2D eigenvalue weighted by Crippen LogP contribution is -2.08. The highest BCUT2D eigenvalue weighted by Crippen LogP contribution is 2.30. The largest absolute Gasteiger partial charge is 0.421 e. The van der Waals surface area contributed by atoms with Crippen molar-refractivity contribution in [1.82, 2.24) is 0 Å². The molecule has 0 N–H and O–H groups in total. The van der Waals surface area contributed by atoms with Gasteiger partial charge in [-0.25, -0.2) is 4.79 Å². The van der Waals surface area contributed by atoms with Gasteiger partial charge in [-0.05, 0) is 31.2 Å². The molecule has 22 heavy (non-hydrogen) atoms. The van der Waals surface area contributed by atoms with E-state index in [2.05, 4.69) is 16.8 Å². The zero-order valence-corrected chi connectivity index (χ0v) is 12.0. The Morgan fingerprint density at radius 2 is 1.91 bits per heavy atom. The molecule has 0 unspecified atom stereocenters. The standard InChI is InChI=1S/C17H13N3O2/c1-12(2)17(21)22-16-10-13(11-18)8-9-15(16)20-19-14-6-4-3-5-7-14/h3-10H,1H2,2H3. The van der Waals surface area contributed by atoms with Gasteiger partial charge in [-0.1, -0.05) is 24.8 Å². The molecule has 0 aliphatic heterocycles. The summed E-state index contributed by atoms with van der Waals surface area (Å²) < 4.78 is 5.19. The van der Waals surface area contributed by atoms with Crippen LogP contribution in [0, 0.1) is 11.3 Å². The first kappa shape index (κ1) is 15.1. The first-order valence-corrected chi connectivity index (χ1v) is 6.49. The van der Waals surface area contributed by atoms with E-state index in [1.165, 1.54) is 6.07 Å². The molecule has 2 aromatic carbocycles. The van der Waals surface area contributed by atoms with E-state index in [9.17, 15) is 4.79 Å². The number of carbonyl (C=O) groups excluding carboxylic acids is 1. The summed E-state index contributed by atoms with van der Waals surface area (Å²) in [5, 5.41) is 17.1. The fourth-order valence-corrected chi connectivity index (χ4v) is 1.54. The molecule has 0 saturated carbocycles. The molecule has 0 fully saturated rings. The number of rotatable bonds is 4. The number of hydrogen-bond donors (Lipinski definition) is 0. The monoisotopic (exact) mass is 291 g/mol.